The summed E-state index contributed by atoms with van der Waals surface area (Å²) in [4.78, 5) is 3.75. The van der Waals surface area contributed by atoms with Crippen molar-refractivity contribution in [3.05, 3.63) is 29.6 Å². The second kappa shape index (κ2) is 3.85. The van der Waals surface area contributed by atoms with Crippen molar-refractivity contribution >= 4 is 0 Å². The van der Waals surface area contributed by atoms with Crippen LogP contribution in [-0.2, 0) is 12.5 Å². The van der Waals surface area contributed by atoms with Crippen LogP contribution in [0.3, 0.4) is 0 Å². The van der Waals surface area contributed by atoms with E-state index in [1.165, 1.54) is 32.9 Å². The SMILES string of the molecule is CC(C)(C)C(F)(F)c1ccc(CO)nc1. The van der Waals surface area contributed by atoms with Crippen molar-refractivity contribution in [2.75, 3.05) is 0 Å². The highest BCUT2D eigenvalue weighted by Crippen LogP contribution is 2.43. The van der Waals surface area contributed by atoms with E-state index in [1.54, 1.807) is 0 Å². The van der Waals surface area contributed by atoms with Crippen LogP contribution in [0.4, 0.5) is 8.78 Å². The van der Waals surface area contributed by atoms with Gasteiger partial charge < -0.3 is 5.11 Å². The van der Waals surface area contributed by atoms with Gasteiger partial charge in [-0.3, -0.25) is 4.98 Å². The van der Waals surface area contributed by atoms with Gasteiger partial charge >= 0.3 is 0 Å². The van der Waals surface area contributed by atoms with E-state index in [2.05, 4.69) is 4.98 Å². The van der Waals surface area contributed by atoms with Gasteiger partial charge in [-0.25, -0.2) is 8.78 Å². The Bertz CT molecular complexity index is 327. The van der Waals surface area contributed by atoms with Crippen LogP contribution in [0.5, 0.6) is 0 Å². The summed E-state index contributed by atoms with van der Waals surface area (Å²) in [7, 11) is 0. The molecule has 0 bridgehead atoms. The second-order valence-corrected chi connectivity index (χ2v) is 4.52. The lowest BCUT2D eigenvalue weighted by atomic mass is 9.84. The highest BCUT2D eigenvalue weighted by molar-refractivity contribution is 5.20. The molecule has 0 unspecified atom stereocenters. The number of pyridine rings is 1. The fourth-order valence-electron chi connectivity index (χ4n) is 1.14. The third-order valence-corrected chi connectivity index (χ3v) is 2.29. The van der Waals surface area contributed by atoms with E-state index < -0.39 is 11.3 Å². The summed E-state index contributed by atoms with van der Waals surface area (Å²) in [5.74, 6) is -2.92. The number of rotatable bonds is 2. The van der Waals surface area contributed by atoms with E-state index in [1.807, 2.05) is 0 Å². The summed E-state index contributed by atoms with van der Waals surface area (Å²) in [6, 6.07) is 2.72. The molecule has 4 heteroatoms. The first-order valence-electron chi connectivity index (χ1n) is 4.73. The summed E-state index contributed by atoms with van der Waals surface area (Å²) >= 11 is 0. The zero-order valence-corrected chi connectivity index (χ0v) is 9.09. The molecule has 0 amide bonds. The minimum atomic E-state index is -2.92. The number of nitrogens with zero attached hydrogens (tertiary/aromatic N) is 1. The van der Waals surface area contributed by atoms with Gasteiger partial charge in [-0.15, -0.1) is 0 Å². The lowest BCUT2D eigenvalue weighted by Gasteiger charge is -2.30. The van der Waals surface area contributed by atoms with Crippen LogP contribution in [0.25, 0.3) is 0 Å². The Morgan fingerprint density at radius 1 is 1.27 bits per heavy atom. The van der Waals surface area contributed by atoms with Crippen molar-refractivity contribution in [3.8, 4) is 0 Å². The van der Waals surface area contributed by atoms with Gasteiger partial charge in [0.1, 0.15) is 0 Å². The number of hydrogen-bond donors (Lipinski definition) is 1. The first kappa shape index (κ1) is 12.0. The van der Waals surface area contributed by atoms with Crippen molar-refractivity contribution < 1.29 is 13.9 Å². The molecule has 0 aliphatic rings. The van der Waals surface area contributed by atoms with Crippen LogP contribution in [0.15, 0.2) is 18.3 Å². The van der Waals surface area contributed by atoms with Gasteiger partial charge in [-0.1, -0.05) is 20.8 Å². The molecule has 0 spiro atoms. The Labute approximate surface area is 88.0 Å². The van der Waals surface area contributed by atoms with Crippen LogP contribution < -0.4 is 0 Å². The molecule has 0 aromatic carbocycles. The molecular formula is C11H15F2NO. The summed E-state index contributed by atoms with van der Waals surface area (Å²) in [6.45, 7) is 4.20. The molecule has 0 radical (unpaired) electrons. The Balaban J connectivity index is 3.06. The molecular weight excluding hydrogens is 200 g/mol. The maximum Gasteiger partial charge on any atom is 0.279 e. The van der Waals surface area contributed by atoms with Crippen LogP contribution >= 0.6 is 0 Å². The Hall–Kier alpha value is -1.03. The zero-order chi connectivity index (χ0) is 11.7. The van der Waals surface area contributed by atoms with E-state index in [4.69, 9.17) is 5.11 Å². The number of aliphatic hydroxyl groups is 1. The van der Waals surface area contributed by atoms with E-state index in [0.29, 0.717) is 5.69 Å². The van der Waals surface area contributed by atoms with E-state index in [9.17, 15) is 8.78 Å². The summed E-state index contributed by atoms with van der Waals surface area (Å²) in [6.07, 6.45) is 1.12. The van der Waals surface area contributed by atoms with Gasteiger partial charge in [0.05, 0.1) is 12.3 Å². The molecule has 0 aliphatic carbocycles. The molecule has 2 nitrogen and oxygen atoms in total. The summed E-state index contributed by atoms with van der Waals surface area (Å²) in [5.41, 5.74) is -0.870. The average molecular weight is 215 g/mol. The lowest BCUT2D eigenvalue weighted by molar-refractivity contribution is -0.104. The molecule has 1 N–H and O–H groups in total. The fourth-order valence-corrected chi connectivity index (χ4v) is 1.14. The van der Waals surface area contributed by atoms with Crippen molar-refractivity contribution in [3.63, 3.8) is 0 Å². The van der Waals surface area contributed by atoms with Crippen molar-refractivity contribution in [2.45, 2.75) is 33.3 Å². The van der Waals surface area contributed by atoms with Crippen molar-refractivity contribution in [1.82, 2.24) is 4.98 Å². The topological polar surface area (TPSA) is 33.1 Å². The molecule has 84 valence electrons. The van der Waals surface area contributed by atoms with Gasteiger partial charge in [-0.05, 0) is 12.1 Å². The smallest absolute Gasteiger partial charge is 0.279 e. The minimum Gasteiger partial charge on any atom is -0.390 e. The van der Waals surface area contributed by atoms with Gasteiger partial charge in [0.15, 0.2) is 0 Å². The predicted octanol–water partition coefficient (Wildman–Crippen LogP) is 2.71. The van der Waals surface area contributed by atoms with Gasteiger partial charge in [0, 0.05) is 17.2 Å². The number of aromatic nitrogens is 1. The maximum atomic E-state index is 13.8. The number of aliphatic hydroxyl groups excluding tert-OH is 1. The van der Waals surface area contributed by atoms with Crippen molar-refractivity contribution in [2.24, 2.45) is 5.41 Å². The van der Waals surface area contributed by atoms with Gasteiger partial charge in [0.25, 0.3) is 5.92 Å². The second-order valence-electron chi connectivity index (χ2n) is 4.52. The lowest BCUT2D eigenvalue weighted by Crippen LogP contribution is -2.31. The molecule has 0 fully saturated rings. The van der Waals surface area contributed by atoms with E-state index in [-0.39, 0.29) is 12.2 Å². The van der Waals surface area contributed by atoms with Gasteiger partial charge in [-0.2, -0.15) is 0 Å². The highest BCUT2D eigenvalue weighted by Gasteiger charge is 2.44. The number of hydrogen-bond acceptors (Lipinski definition) is 2. The molecule has 0 saturated carbocycles. The Kier molecular flexibility index (Phi) is 3.09. The Morgan fingerprint density at radius 2 is 1.87 bits per heavy atom. The fraction of sp³-hybridized carbons (Fsp3) is 0.545. The van der Waals surface area contributed by atoms with Crippen molar-refractivity contribution in [1.29, 1.82) is 0 Å². The molecule has 15 heavy (non-hydrogen) atoms. The van der Waals surface area contributed by atoms with Crippen LogP contribution in [-0.4, -0.2) is 10.1 Å². The Morgan fingerprint density at radius 3 is 2.20 bits per heavy atom. The normalized spacial score (nSPS) is 12.9. The average Bonchev–Trinajstić information content (AvgIpc) is 2.16. The van der Waals surface area contributed by atoms with Gasteiger partial charge in [0.2, 0.25) is 0 Å². The van der Waals surface area contributed by atoms with E-state index >= 15 is 0 Å². The predicted molar refractivity (Wildman–Crippen MR) is 53.5 cm³/mol. The first-order chi connectivity index (χ1) is 6.79. The van der Waals surface area contributed by atoms with E-state index in [0.717, 1.165) is 6.20 Å². The third-order valence-electron chi connectivity index (χ3n) is 2.29. The maximum absolute atomic E-state index is 13.8. The molecule has 1 aromatic rings. The summed E-state index contributed by atoms with van der Waals surface area (Å²) in [5, 5.41) is 8.74. The number of halogens is 2. The minimum absolute atomic E-state index is 0.118. The molecule has 1 heterocycles. The molecule has 1 aromatic heterocycles. The van der Waals surface area contributed by atoms with Crippen LogP contribution in [0, 0.1) is 5.41 Å². The molecule has 0 aliphatic heterocycles. The largest absolute Gasteiger partial charge is 0.390 e. The molecule has 0 atom stereocenters. The monoisotopic (exact) mass is 215 g/mol. The molecule has 1 rings (SSSR count). The number of alkyl halides is 2. The zero-order valence-electron chi connectivity index (χ0n) is 9.09. The highest BCUT2D eigenvalue weighted by atomic mass is 19.3. The quantitative estimate of drug-likeness (QED) is 0.822. The van der Waals surface area contributed by atoms with Crippen LogP contribution in [0.2, 0.25) is 0 Å². The van der Waals surface area contributed by atoms with Crippen LogP contribution in [0.1, 0.15) is 32.0 Å². The summed E-state index contributed by atoms with van der Waals surface area (Å²) < 4.78 is 27.6. The first-order valence-corrected chi connectivity index (χ1v) is 4.73. The standard InChI is InChI=1S/C11H15F2NO/c1-10(2,3)11(12,13)8-4-5-9(7-15)14-6-8/h4-6,15H,7H2,1-3H3. The third kappa shape index (κ3) is 2.31. The molecule has 0 saturated heterocycles.